The average Bonchev–Trinajstić information content (AvgIpc) is 2.47. The average molecular weight is 297 g/mol. The highest BCUT2D eigenvalue weighted by atomic mass is 35.5. The summed E-state index contributed by atoms with van der Waals surface area (Å²) in [7, 11) is 1.38. The van der Waals surface area contributed by atoms with E-state index in [2.05, 4.69) is 4.74 Å². The first-order chi connectivity index (χ1) is 9.69. The van der Waals surface area contributed by atoms with E-state index in [9.17, 15) is 4.79 Å². The normalized spacial score (nSPS) is 15.9. The van der Waals surface area contributed by atoms with Crippen LogP contribution in [0.3, 0.4) is 0 Å². The Balaban J connectivity index is 1.90. The van der Waals surface area contributed by atoms with E-state index in [1.54, 1.807) is 6.07 Å². The summed E-state index contributed by atoms with van der Waals surface area (Å²) in [4.78, 5) is 11.2. The number of esters is 1. The van der Waals surface area contributed by atoms with Crippen molar-refractivity contribution in [2.45, 2.75) is 38.5 Å². The molecule has 0 heterocycles. The number of carbonyl (C=O) groups excluding carboxylic acids is 1. The maximum Gasteiger partial charge on any atom is 0.309 e. The van der Waals surface area contributed by atoms with Gasteiger partial charge in [0.1, 0.15) is 5.75 Å². The van der Waals surface area contributed by atoms with Crippen LogP contribution in [-0.2, 0) is 16.0 Å². The standard InChI is InChI=1S/C16H21ClO3/c1-19-16(18)10-13-7-8-15(14(17)9-13)20-11-12-5-3-2-4-6-12/h7-9,12H,2-6,10-11H2,1H3. The second-order valence-electron chi connectivity index (χ2n) is 5.33. The van der Waals surface area contributed by atoms with Gasteiger partial charge in [-0.05, 0) is 36.5 Å². The SMILES string of the molecule is COC(=O)Cc1ccc(OCC2CCCCC2)c(Cl)c1. The van der Waals surface area contributed by atoms with Crippen molar-refractivity contribution in [2.75, 3.05) is 13.7 Å². The fourth-order valence-corrected chi connectivity index (χ4v) is 2.83. The van der Waals surface area contributed by atoms with E-state index in [-0.39, 0.29) is 12.4 Å². The van der Waals surface area contributed by atoms with Gasteiger partial charge in [-0.1, -0.05) is 36.9 Å². The summed E-state index contributed by atoms with van der Waals surface area (Å²) in [5.74, 6) is 1.08. The highest BCUT2D eigenvalue weighted by Gasteiger charge is 2.15. The molecule has 0 radical (unpaired) electrons. The molecular formula is C16H21ClO3. The lowest BCUT2D eigenvalue weighted by atomic mass is 9.90. The molecule has 0 unspecified atom stereocenters. The molecule has 0 aromatic heterocycles. The van der Waals surface area contributed by atoms with Gasteiger partial charge in [-0.15, -0.1) is 0 Å². The maximum atomic E-state index is 11.2. The van der Waals surface area contributed by atoms with E-state index >= 15 is 0 Å². The molecule has 0 amide bonds. The zero-order valence-electron chi connectivity index (χ0n) is 11.9. The van der Waals surface area contributed by atoms with E-state index in [0.29, 0.717) is 16.7 Å². The second kappa shape index (κ2) is 7.53. The fourth-order valence-electron chi connectivity index (χ4n) is 2.57. The number of halogens is 1. The van der Waals surface area contributed by atoms with Crippen LogP contribution in [0.1, 0.15) is 37.7 Å². The van der Waals surface area contributed by atoms with Crippen molar-refractivity contribution in [3.05, 3.63) is 28.8 Å². The lowest BCUT2D eigenvalue weighted by Crippen LogP contribution is -2.15. The summed E-state index contributed by atoms with van der Waals surface area (Å²) < 4.78 is 10.5. The van der Waals surface area contributed by atoms with Gasteiger partial charge in [0, 0.05) is 0 Å². The Hall–Kier alpha value is -1.22. The van der Waals surface area contributed by atoms with Gasteiger partial charge in [0.2, 0.25) is 0 Å². The number of hydrogen-bond donors (Lipinski definition) is 0. The number of ether oxygens (including phenoxy) is 2. The van der Waals surface area contributed by atoms with Crippen LogP contribution in [0.2, 0.25) is 5.02 Å². The van der Waals surface area contributed by atoms with Crippen molar-refractivity contribution in [1.82, 2.24) is 0 Å². The molecule has 1 fully saturated rings. The molecule has 0 N–H and O–H groups in total. The first-order valence-electron chi connectivity index (χ1n) is 7.17. The number of rotatable bonds is 5. The third-order valence-corrected chi connectivity index (χ3v) is 4.07. The third kappa shape index (κ3) is 4.41. The molecule has 0 spiro atoms. The van der Waals surface area contributed by atoms with Crippen LogP contribution in [0.5, 0.6) is 5.75 Å². The zero-order chi connectivity index (χ0) is 14.4. The Labute approximate surface area is 125 Å². The molecule has 3 nitrogen and oxygen atoms in total. The van der Waals surface area contributed by atoms with Gasteiger partial charge in [-0.2, -0.15) is 0 Å². The Bertz CT molecular complexity index is 453. The molecule has 0 saturated heterocycles. The van der Waals surface area contributed by atoms with E-state index in [1.807, 2.05) is 12.1 Å². The predicted molar refractivity (Wildman–Crippen MR) is 79.2 cm³/mol. The van der Waals surface area contributed by atoms with E-state index in [4.69, 9.17) is 16.3 Å². The Kier molecular flexibility index (Phi) is 5.72. The van der Waals surface area contributed by atoms with Gasteiger partial charge in [0.25, 0.3) is 0 Å². The van der Waals surface area contributed by atoms with Crippen molar-refractivity contribution in [3.8, 4) is 5.75 Å². The van der Waals surface area contributed by atoms with Crippen molar-refractivity contribution in [1.29, 1.82) is 0 Å². The van der Waals surface area contributed by atoms with E-state index < -0.39 is 0 Å². The lowest BCUT2D eigenvalue weighted by Gasteiger charge is -2.22. The quantitative estimate of drug-likeness (QED) is 0.770. The number of carbonyl (C=O) groups is 1. The van der Waals surface area contributed by atoms with Crippen LogP contribution >= 0.6 is 11.6 Å². The van der Waals surface area contributed by atoms with Crippen LogP contribution in [0.15, 0.2) is 18.2 Å². The van der Waals surface area contributed by atoms with Crippen LogP contribution in [0.25, 0.3) is 0 Å². The topological polar surface area (TPSA) is 35.5 Å². The van der Waals surface area contributed by atoms with Crippen molar-refractivity contribution in [3.63, 3.8) is 0 Å². The molecule has 0 atom stereocenters. The summed E-state index contributed by atoms with van der Waals surface area (Å²) in [5.41, 5.74) is 0.840. The summed E-state index contributed by atoms with van der Waals surface area (Å²) in [6.45, 7) is 0.732. The predicted octanol–water partition coefficient (Wildman–Crippen LogP) is 4.01. The van der Waals surface area contributed by atoms with Gasteiger partial charge in [0.05, 0.1) is 25.2 Å². The molecule has 1 saturated carbocycles. The summed E-state index contributed by atoms with van der Waals surface area (Å²) >= 11 is 6.20. The molecular weight excluding hydrogens is 276 g/mol. The minimum absolute atomic E-state index is 0.235. The highest BCUT2D eigenvalue weighted by molar-refractivity contribution is 6.32. The smallest absolute Gasteiger partial charge is 0.309 e. The van der Waals surface area contributed by atoms with Crippen molar-refractivity contribution >= 4 is 17.6 Å². The first kappa shape index (κ1) is 15.2. The molecule has 1 aromatic rings. The minimum atomic E-state index is -0.267. The largest absolute Gasteiger partial charge is 0.492 e. The van der Waals surface area contributed by atoms with Gasteiger partial charge in [0.15, 0.2) is 0 Å². The lowest BCUT2D eigenvalue weighted by molar-refractivity contribution is -0.139. The first-order valence-corrected chi connectivity index (χ1v) is 7.55. The number of methoxy groups -OCH3 is 1. The van der Waals surface area contributed by atoms with Crippen LogP contribution in [0, 0.1) is 5.92 Å². The molecule has 1 aliphatic carbocycles. The van der Waals surface area contributed by atoms with Crippen molar-refractivity contribution < 1.29 is 14.3 Å². The zero-order valence-corrected chi connectivity index (χ0v) is 12.6. The summed E-state index contributed by atoms with van der Waals surface area (Å²) in [6, 6.07) is 5.47. The Morgan fingerprint density at radius 1 is 1.30 bits per heavy atom. The molecule has 1 aromatic carbocycles. The molecule has 0 aliphatic heterocycles. The molecule has 1 aliphatic rings. The van der Waals surface area contributed by atoms with Gasteiger partial charge < -0.3 is 9.47 Å². The van der Waals surface area contributed by atoms with Crippen LogP contribution in [0.4, 0.5) is 0 Å². The molecule has 0 bridgehead atoms. The van der Waals surface area contributed by atoms with Crippen molar-refractivity contribution in [2.24, 2.45) is 5.92 Å². The van der Waals surface area contributed by atoms with E-state index in [0.717, 1.165) is 12.2 Å². The van der Waals surface area contributed by atoms with Gasteiger partial charge >= 0.3 is 5.97 Å². The fraction of sp³-hybridized carbons (Fsp3) is 0.562. The summed E-state index contributed by atoms with van der Waals surface area (Å²) in [6.07, 6.45) is 6.69. The second-order valence-corrected chi connectivity index (χ2v) is 5.74. The monoisotopic (exact) mass is 296 g/mol. The molecule has 4 heteroatoms. The maximum absolute atomic E-state index is 11.2. The Morgan fingerprint density at radius 3 is 2.70 bits per heavy atom. The molecule has 2 rings (SSSR count). The molecule has 20 heavy (non-hydrogen) atoms. The third-order valence-electron chi connectivity index (χ3n) is 3.77. The Morgan fingerprint density at radius 2 is 2.05 bits per heavy atom. The minimum Gasteiger partial charge on any atom is -0.492 e. The highest BCUT2D eigenvalue weighted by Crippen LogP contribution is 2.29. The van der Waals surface area contributed by atoms with Gasteiger partial charge in [-0.3, -0.25) is 4.79 Å². The number of benzene rings is 1. The summed E-state index contributed by atoms with van der Waals surface area (Å²) in [5, 5.41) is 0.558. The van der Waals surface area contributed by atoms with E-state index in [1.165, 1.54) is 39.2 Å². The molecule has 110 valence electrons. The van der Waals surface area contributed by atoms with Crippen LogP contribution < -0.4 is 4.74 Å². The number of hydrogen-bond acceptors (Lipinski definition) is 3. The van der Waals surface area contributed by atoms with Gasteiger partial charge in [-0.25, -0.2) is 0 Å². The van der Waals surface area contributed by atoms with Crippen LogP contribution in [-0.4, -0.2) is 19.7 Å².